The summed E-state index contributed by atoms with van der Waals surface area (Å²) in [6, 6.07) is 4.67. The zero-order chi connectivity index (χ0) is 15.6. The lowest BCUT2D eigenvalue weighted by Crippen LogP contribution is -2.40. The van der Waals surface area contributed by atoms with Crippen molar-refractivity contribution in [2.75, 3.05) is 13.1 Å². The first-order valence-electron chi connectivity index (χ1n) is 6.61. The fourth-order valence-electron chi connectivity index (χ4n) is 2.29. The SMILES string of the molecule is CC(NC(=O)N1CCC(C(=O)O)C1)c1ccc(Cl)c(Cl)c1. The molecule has 1 aromatic rings. The van der Waals surface area contributed by atoms with Crippen molar-refractivity contribution in [3.8, 4) is 0 Å². The highest BCUT2D eigenvalue weighted by atomic mass is 35.5. The van der Waals surface area contributed by atoms with Gasteiger partial charge in [-0.15, -0.1) is 0 Å². The Hall–Kier alpha value is -1.46. The van der Waals surface area contributed by atoms with Crippen LogP contribution in [-0.4, -0.2) is 35.1 Å². The van der Waals surface area contributed by atoms with Crippen LogP contribution in [0.2, 0.25) is 10.0 Å². The van der Waals surface area contributed by atoms with Gasteiger partial charge in [-0.3, -0.25) is 4.79 Å². The van der Waals surface area contributed by atoms with Gasteiger partial charge in [-0.25, -0.2) is 4.79 Å². The predicted molar refractivity (Wildman–Crippen MR) is 80.7 cm³/mol. The van der Waals surface area contributed by atoms with E-state index in [1.807, 2.05) is 6.92 Å². The van der Waals surface area contributed by atoms with Gasteiger partial charge < -0.3 is 15.3 Å². The van der Waals surface area contributed by atoms with Crippen molar-refractivity contribution in [1.29, 1.82) is 0 Å². The molecule has 7 heteroatoms. The standard InChI is InChI=1S/C14H16Cl2N2O3/c1-8(9-2-3-11(15)12(16)6-9)17-14(21)18-5-4-10(7-18)13(19)20/h2-3,6,8,10H,4-5,7H2,1H3,(H,17,21)(H,19,20). The van der Waals surface area contributed by atoms with Gasteiger partial charge in [-0.2, -0.15) is 0 Å². The summed E-state index contributed by atoms with van der Waals surface area (Å²) in [5, 5.41) is 12.7. The number of benzene rings is 1. The lowest BCUT2D eigenvalue weighted by molar-refractivity contribution is -0.141. The van der Waals surface area contributed by atoms with Gasteiger partial charge in [0.1, 0.15) is 0 Å². The number of nitrogens with zero attached hydrogens (tertiary/aromatic N) is 1. The van der Waals surface area contributed by atoms with E-state index in [9.17, 15) is 9.59 Å². The summed E-state index contributed by atoms with van der Waals surface area (Å²) in [6.07, 6.45) is 0.490. The Balaban J connectivity index is 1.96. The minimum absolute atomic E-state index is 0.240. The molecule has 0 bridgehead atoms. The van der Waals surface area contributed by atoms with Crippen LogP contribution in [0.3, 0.4) is 0 Å². The number of aliphatic carboxylic acids is 1. The lowest BCUT2D eigenvalue weighted by Gasteiger charge is -2.21. The maximum absolute atomic E-state index is 12.1. The number of carbonyl (C=O) groups excluding carboxylic acids is 1. The fourth-order valence-corrected chi connectivity index (χ4v) is 2.59. The molecule has 2 amide bonds. The highest BCUT2D eigenvalue weighted by molar-refractivity contribution is 6.42. The Bertz CT molecular complexity index is 565. The fraction of sp³-hybridized carbons (Fsp3) is 0.429. The van der Waals surface area contributed by atoms with Crippen LogP contribution in [-0.2, 0) is 4.79 Å². The number of rotatable bonds is 3. The number of urea groups is 1. The van der Waals surface area contributed by atoms with Crippen LogP contribution in [0.15, 0.2) is 18.2 Å². The molecule has 1 heterocycles. The number of halogens is 2. The number of nitrogens with one attached hydrogen (secondary N) is 1. The van der Waals surface area contributed by atoms with E-state index in [4.69, 9.17) is 28.3 Å². The number of likely N-dealkylation sites (tertiary alicyclic amines) is 1. The van der Waals surface area contributed by atoms with Crippen molar-refractivity contribution in [1.82, 2.24) is 10.2 Å². The average Bonchev–Trinajstić information content (AvgIpc) is 2.91. The quantitative estimate of drug-likeness (QED) is 0.894. The number of carboxylic acid groups (broad SMARTS) is 1. The van der Waals surface area contributed by atoms with Gasteiger partial charge in [-0.05, 0) is 31.0 Å². The normalized spacial score (nSPS) is 19.4. The second-order valence-corrected chi connectivity index (χ2v) is 5.93. The molecule has 1 aliphatic rings. The molecular formula is C14H16Cl2N2O3. The van der Waals surface area contributed by atoms with E-state index in [0.717, 1.165) is 5.56 Å². The molecule has 0 radical (unpaired) electrons. The molecule has 0 aromatic heterocycles. The van der Waals surface area contributed by atoms with Gasteiger partial charge in [0, 0.05) is 13.1 Å². The van der Waals surface area contributed by atoms with Crippen LogP contribution >= 0.6 is 23.2 Å². The molecule has 5 nitrogen and oxygen atoms in total. The molecule has 0 spiro atoms. The van der Waals surface area contributed by atoms with Crippen molar-refractivity contribution in [3.63, 3.8) is 0 Å². The summed E-state index contributed by atoms with van der Waals surface area (Å²) in [5.74, 6) is -1.33. The summed E-state index contributed by atoms with van der Waals surface area (Å²) in [4.78, 5) is 24.5. The molecule has 1 saturated heterocycles. The summed E-state index contributed by atoms with van der Waals surface area (Å²) in [5.41, 5.74) is 0.840. The highest BCUT2D eigenvalue weighted by Gasteiger charge is 2.31. The van der Waals surface area contributed by atoms with Crippen LogP contribution in [0, 0.1) is 5.92 Å². The Morgan fingerprint density at radius 1 is 1.38 bits per heavy atom. The maximum atomic E-state index is 12.1. The maximum Gasteiger partial charge on any atom is 0.317 e. The minimum Gasteiger partial charge on any atom is -0.481 e. The van der Waals surface area contributed by atoms with Gasteiger partial charge in [-0.1, -0.05) is 29.3 Å². The van der Waals surface area contributed by atoms with Gasteiger partial charge in [0.05, 0.1) is 22.0 Å². The second-order valence-electron chi connectivity index (χ2n) is 5.11. The van der Waals surface area contributed by atoms with E-state index in [1.54, 1.807) is 18.2 Å². The molecule has 1 fully saturated rings. The zero-order valence-corrected chi connectivity index (χ0v) is 13.0. The molecule has 2 rings (SSSR count). The molecule has 2 unspecified atom stereocenters. The van der Waals surface area contributed by atoms with Crippen LogP contribution in [0.4, 0.5) is 4.79 Å². The molecule has 0 saturated carbocycles. The molecule has 2 N–H and O–H groups in total. The van der Waals surface area contributed by atoms with E-state index in [-0.39, 0.29) is 18.6 Å². The van der Waals surface area contributed by atoms with Gasteiger partial charge in [0.15, 0.2) is 0 Å². The summed E-state index contributed by atoms with van der Waals surface area (Å²) >= 11 is 11.8. The molecule has 0 aliphatic carbocycles. The number of hydrogen-bond donors (Lipinski definition) is 2. The molecule has 1 aromatic carbocycles. The highest BCUT2D eigenvalue weighted by Crippen LogP contribution is 2.26. The van der Waals surface area contributed by atoms with E-state index in [0.29, 0.717) is 23.0 Å². The number of amides is 2. The average molecular weight is 331 g/mol. The van der Waals surface area contributed by atoms with Crippen LogP contribution in [0.25, 0.3) is 0 Å². The molecule has 21 heavy (non-hydrogen) atoms. The Morgan fingerprint density at radius 2 is 2.10 bits per heavy atom. The van der Waals surface area contributed by atoms with E-state index >= 15 is 0 Å². The lowest BCUT2D eigenvalue weighted by atomic mass is 10.1. The van der Waals surface area contributed by atoms with E-state index in [2.05, 4.69) is 5.32 Å². The van der Waals surface area contributed by atoms with Crippen LogP contribution in [0.5, 0.6) is 0 Å². The van der Waals surface area contributed by atoms with Crippen molar-refractivity contribution < 1.29 is 14.7 Å². The minimum atomic E-state index is -0.858. The smallest absolute Gasteiger partial charge is 0.317 e. The summed E-state index contributed by atoms with van der Waals surface area (Å²) < 4.78 is 0. The van der Waals surface area contributed by atoms with Gasteiger partial charge in [0.2, 0.25) is 0 Å². The Kier molecular flexibility index (Phi) is 4.96. The van der Waals surface area contributed by atoms with Crippen LogP contribution in [0.1, 0.15) is 24.9 Å². The molecule has 1 aliphatic heterocycles. The Morgan fingerprint density at radius 3 is 2.67 bits per heavy atom. The first-order valence-corrected chi connectivity index (χ1v) is 7.37. The molecule has 114 valence electrons. The largest absolute Gasteiger partial charge is 0.481 e. The zero-order valence-electron chi connectivity index (χ0n) is 11.5. The number of hydrogen-bond acceptors (Lipinski definition) is 2. The van der Waals surface area contributed by atoms with Crippen LogP contribution < -0.4 is 5.32 Å². The monoisotopic (exact) mass is 330 g/mol. The number of carbonyl (C=O) groups is 2. The second kappa shape index (κ2) is 6.54. The third-order valence-electron chi connectivity index (χ3n) is 3.61. The van der Waals surface area contributed by atoms with Crippen molar-refractivity contribution in [3.05, 3.63) is 33.8 Å². The van der Waals surface area contributed by atoms with E-state index in [1.165, 1.54) is 4.90 Å². The summed E-state index contributed by atoms with van der Waals surface area (Å²) in [7, 11) is 0. The first-order chi connectivity index (χ1) is 9.88. The van der Waals surface area contributed by atoms with Gasteiger partial charge >= 0.3 is 12.0 Å². The van der Waals surface area contributed by atoms with Crippen molar-refractivity contribution >= 4 is 35.2 Å². The summed E-state index contributed by atoms with van der Waals surface area (Å²) in [6.45, 7) is 2.54. The van der Waals surface area contributed by atoms with E-state index < -0.39 is 11.9 Å². The topological polar surface area (TPSA) is 69.6 Å². The molecule has 2 atom stereocenters. The molecular weight excluding hydrogens is 315 g/mol. The predicted octanol–water partition coefficient (Wildman–Crippen LogP) is 3.17. The van der Waals surface area contributed by atoms with Crippen molar-refractivity contribution in [2.45, 2.75) is 19.4 Å². The first kappa shape index (κ1) is 15.9. The third-order valence-corrected chi connectivity index (χ3v) is 4.35. The van der Waals surface area contributed by atoms with Crippen molar-refractivity contribution in [2.24, 2.45) is 5.92 Å². The Labute approximate surface area is 132 Å². The number of carboxylic acids is 1. The van der Waals surface area contributed by atoms with Gasteiger partial charge in [0.25, 0.3) is 0 Å². The third kappa shape index (κ3) is 3.80.